The quantitative estimate of drug-likeness (QED) is 0.645. The van der Waals surface area contributed by atoms with E-state index in [1.165, 1.54) is 48.9 Å². The van der Waals surface area contributed by atoms with Crippen molar-refractivity contribution in [2.45, 2.75) is 51.9 Å². The second kappa shape index (κ2) is 5.31. The van der Waals surface area contributed by atoms with Gasteiger partial charge in [0.15, 0.2) is 5.76 Å². The van der Waals surface area contributed by atoms with E-state index < -0.39 is 0 Å². The van der Waals surface area contributed by atoms with Gasteiger partial charge in [-0.25, -0.2) is 4.98 Å². The highest BCUT2D eigenvalue weighted by atomic mass is 16.3. The van der Waals surface area contributed by atoms with E-state index in [2.05, 4.69) is 30.5 Å². The molecule has 0 aromatic carbocycles. The van der Waals surface area contributed by atoms with Gasteiger partial charge < -0.3 is 8.82 Å². The summed E-state index contributed by atoms with van der Waals surface area (Å²) in [6, 6.07) is 6.19. The molecule has 4 rings (SSSR count). The van der Waals surface area contributed by atoms with Crippen molar-refractivity contribution in [2.75, 3.05) is 0 Å². The summed E-state index contributed by atoms with van der Waals surface area (Å²) in [7, 11) is 0. The van der Waals surface area contributed by atoms with Crippen LogP contribution >= 0.6 is 0 Å². The van der Waals surface area contributed by atoms with Crippen molar-refractivity contribution in [3.8, 4) is 11.5 Å². The molecular weight excluding hydrogens is 272 g/mol. The van der Waals surface area contributed by atoms with Crippen LogP contribution < -0.4 is 0 Å². The lowest BCUT2D eigenvalue weighted by Gasteiger charge is -2.24. The van der Waals surface area contributed by atoms with E-state index in [0.29, 0.717) is 5.92 Å². The van der Waals surface area contributed by atoms with Crippen LogP contribution in [0.5, 0.6) is 0 Å². The van der Waals surface area contributed by atoms with Gasteiger partial charge in [0.25, 0.3) is 0 Å². The Kier molecular flexibility index (Phi) is 3.29. The van der Waals surface area contributed by atoms with Crippen LogP contribution in [-0.4, -0.2) is 9.38 Å². The van der Waals surface area contributed by atoms with E-state index in [0.717, 1.165) is 17.1 Å². The molecule has 0 atom stereocenters. The number of rotatable bonds is 2. The van der Waals surface area contributed by atoms with E-state index >= 15 is 0 Å². The second-order valence-electron chi connectivity index (χ2n) is 6.51. The molecule has 1 fully saturated rings. The molecule has 0 amide bonds. The zero-order chi connectivity index (χ0) is 15.1. The van der Waals surface area contributed by atoms with Gasteiger partial charge >= 0.3 is 0 Å². The number of hydrogen-bond donors (Lipinski definition) is 0. The summed E-state index contributed by atoms with van der Waals surface area (Å²) in [6.45, 7) is 4.39. The molecular formula is C19H22N2O. The maximum absolute atomic E-state index is 5.53. The minimum atomic E-state index is 0.656. The highest BCUT2D eigenvalue weighted by Crippen LogP contribution is 2.37. The molecule has 0 bridgehead atoms. The van der Waals surface area contributed by atoms with Crippen molar-refractivity contribution >= 4 is 5.65 Å². The second-order valence-corrected chi connectivity index (χ2v) is 6.51. The summed E-state index contributed by atoms with van der Waals surface area (Å²) < 4.78 is 7.76. The fourth-order valence-electron chi connectivity index (χ4n) is 3.91. The van der Waals surface area contributed by atoms with E-state index in [1.54, 1.807) is 6.26 Å². The molecule has 0 radical (unpaired) electrons. The first-order chi connectivity index (χ1) is 10.7. The predicted molar refractivity (Wildman–Crippen MR) is 88.2 cm³/mol. The van der Waals surface area contributed by atoms with Crippen molar-refractivity contribution in [1.29, 1.82) is 0 Å². The van der Waals surface area contributed by atoms with E-state index in [9.17, 15) is 0 Å². The first kappa shape index (κ1) is 13.6. The van der Waals surface area contributed by atoms with Gasteiger partial charge in [0, 0.05) is 17.5 Å². The van der Waals surface area contributed by atoms with Crippen LogP contribution in [0, 0.1) is 13.8 Å². The van der Waals surface area contributed by atoms with Gasteiger partial charge in [-0.15, -0.1) is 0 Å². The van der Waals surface area contributed by atoms with Gasteiger partial charge in [-0.2, -0.15) is 0 Å². The fraction of sp³-hybridized carbons (Fsp3) is 0.421. The van der Waals surface area contributed by atoms with Crippen LogP contribution in [0.4, 0.5) is 0 Å². The van der Waals surface area contributed by atoms with E-state index in [-0.39, 0.29) is 0 Å². The summed E-state index contributed by atoms with van der Waals surface area (Å²) in [5.74, 6) is 1.50. The van der Waals surface area contributed by atoms with Crippen LogP contribution in [0.1, 0.15) is 54.8 Å². The van der Waals surface area contributed by atoms with Gasteiger partial charge in [-0.3, -0.25) is 0 Å². The van der Waals surface area contributed by atoms with E-state index in [1.807, 2.05) is 12.1 Å². The minimum Gasteiger partial charge on any atom is -0.463 e. The third-order valence-electron chi connectivity index (χ3n) is 4.96. The Hall–Kier alpha value is -2.03. The molecule has 0 N–H and O–H groups in total. The summed E-state index contributed by atoms with van der Waals surface area (Å²) in [4.78, 5) is 4.92. The summed E-state index contributed by atoms with van der Waals surface area (Å²) in [6.07, 6.45) is 10.5. The fourth-order valence-corrected chi connectivity index (χ4v) is 3.91. The Labute approximate surface area is 131 Å². The number of aromatic nitrogens is 2. The smallest absolute Gasteiger partial charge is 0.153 e. The molecule has 0 saturated heterocycles. The number of aryl methyl sites for hydroxylation is 2. The lowest BCUT2D eigenvalue weighted by Crippen LogP contribution is -2.09. The largest absolute Gasteiger partial charge is 0.463 e. The SMILES string of the molecule is Cc1cc(C)n2cc(-c3ccco3)nc2c1C1CCCCC1. The zero-order valence-electron chi connectivity index (χ0n) is 13.3. The molecule has 0 spiro atoms. The van der Waals surface area contributed by atoms with Gasteiger partial charge in [0.2, 0.25) is 0 Å². The summed E-state index contributed by atoms with van der Waals surface area (Å²) in [5.41, 5.74) is 6.11. The summed E-state index contributed by atoms with van der Waals surface area (Å²) >= 11 is 0. The monoisotopic (exact) mass is 294 g/mol. The number of imidazole rings is 1. The van der Waals surface area contributed by atoms with Crippen molar-refractivity contribution in [2.24, 2.45) is 0 Å². The maximum atomic E-state index is 5.53. The number of hydrogen-bond acceptors (Lipinski definition) is 2. The number of fused-ring (bicyclic) bond motifs is 1. The Morgan fingerprint density at radius 3 is 2.73 bits per heavy atom. The molecule has 0 aliphatic heterocycles. The standard InChI is InChI=1S/C19H22N2O/c1-13-11-14(2)21-12-16(17-9-6-10-22-17)20-19(21)18(13)15-7-4-3-5-8-15/h6,9-12,15H,3-5,7-8H2,1-2H3. The lowest BCUT2D eigenvalue weighted by molar-refractivity contribution is 0.443. The maximum Gasteiger partial charge on any atom is 0.153 e. The van der Waals surface area contributed by atoms with E-state index in [4.69, 9.17) is 9.40 Å². The highest BCUT2D eigenvalue weighted by Gasteiger charge is 2.22. The van der Waals surface area contributed by atoms with Crippen molar-refractivity contribution in [3.63, 3.8) is 0 Å². The molecule has 0 unspecified atom stereocenters. The molecule has 114 valence electrons. The lowest BCUT2D eigenvalue weighted by atomic mass is 9.82. The normalized spacial score (nSPS) is 16.5. The van der Waals surface area contributed by atoms with Gasteiger partial charge in [-0.1, -0.05) is 19.3 Å². The van der Waals surface area contributed by atoms with Gasteiger partial charge in [-0.05, 0) is 56.4 Å². The van der Waals surface area contributed by atoms with Crippen LogP contribution in [0.2, 0.25) is 0 Å². The van der Waals surface area contributed by atoms with Gasteiger partial charge in [0.1, 0.15) is 11.3 Å². The summed E-state index contributed by atoms with van der Waals surface area (Å²) in [5, 5.41) is 0. The van der Waals surface area contributed by atoms with Crippen LogP contribution in [0.15, 0.2) is 35.1 Å². The van der Waals surface area contributed by atoms with Crippen LogP contribution in [0.25, 0.3) is 17.1 Å². The Bertz CT molecular complexity index is 793. The minimum absolute atomic E-state index is 0.656. The Balaban J connectivity index is 1.91. The third-order valence-corrected chi connectivity index (χ3v) is 4.96. The topological polar surface area (TPSA) is 30.4 Å². The molecule has 3 aromatic heterocycles. The molecule has 1 saturated carbocycles. The van der Waals surface area contributed by atoms with Crippen molar-refractivity contribution < 1.29 is 4.42 Å². The third kappa shape index (κ3) is 2.16. The van der Waals surface area contributed by atoms with Crippen LogP contribution in [-0.2, 0) is 0 Å². The number of furan rings is 1. The average Bonchev–Trinajstić information content (AvgIpc) is 3.17. The van der Waals surface area contributed by atoms with Crippen LogP contribution in [0.3, 0.4) is 0 Å². The number of pyridine rings is 1. The van der Waals surface area contributed by atoms with Gasteiger partial charge in [0.05, 0.1) is 6.26 Å². The van der Waals surface area contributed by atoms with Crippen molar-refractivity contribution in [1.82, 2.24) is 9.38 Å². The molecule has 1 aliphatic rings. The molecule has 1 aliphatic carbocycles. The average molecular weight is 294 g/mol. The molecule has 22 heavy (non-hydrogen) atoms. The zero-order valence-corrected chi connectivity index (χ0v) is 13.3. The number of nitrogens with zero attached hydrogens (tertiary/aromatic N) is 2. The molecule has 3 aromatic rings. The molecule has 3 nitrogen and oxygen atoms in total. The first-order valence-electron chi connectivity index (χ1n) is 8.27. The Morgan fingerprint density at radius 2 is 2.00 bits per heavy atom. The first-order valence-corrected chi connectivity index (χ1v) is 8.27. The van der Waals surface area contributed by atoms with Crippen molar-refractivity contribution in [3.05, 3.63) is 47.5 Å². The molecule has 3 heterocycles. The predicted octanol–water partition coefficient (Wildman–Crippen LogP) is 5.26. The molecule has 3 heteroatoms. The highest BCUT2D eigenvalue weighted by molar-refractivity contribution is 5.63. The Morgan fingerprint density at radius 1 is 1.18 bits per heavy atom.